The van der Waals surface area contributed by atoms with Crippen LogP contribution in [0.3, 0.4) is 0 Å². The molecule has 7 nitrogen and oxygen atoms in total. The summed E-state index contributed by atoms with van der Waals surface area (Å²) < 4.78 is 5.65. The van der Waals surface area contributed by atoms with Crippen LogP contribution < -0.4 is 4.74 Å². The minimum atomic E-state index is -0.743. The Morgan fingerprint density at radius 2 is 1.64 bits per heavy atom. The predicted molar refractivity (Wildman–Crippen MR) is 127 cm³/mol. The Hall–Kier alpha value is -3.32. The minimum absolute atomic E-state index is 0.00933. The normalized spacial score (nSPS) is 17.9. The average molecular weight is 453 g/mol. The number of likely N-dealkylation sites (N-methyl/N-ethyl adjacent to an activating group) is 1. The molecule has 0 aliphatic carbocycles. The lowest BCUT2D eigenvalue weighted by atomic mass is 9.95. The Kier molecular flexibility index (Phi) is 7.76. The number of amides is 1. The Balaban J connectivity index is 2.04. The minimum Gasteiger partial charge on any atom is -0.508 e. The zero-order chi connectivity index (χ0) is 24.1. The number of nitrogens with zero attached hydrogens (tertiary/aromatic N) is 2. The van der Waals surface area contributed by atoms with Gasteiger partial charge in [0.1, 0.15) is 17.3 Å². The highest BCUT2D eigenvalue weighted by Crippen LogP contribution is 2.39. The first kappa shape index (κ1) is 24.3. The monoisotopic (exact) mass is 452 g/mol. The zero-order valence-electron chi connectivity index (χ0n) is 19.6. The topological polar surface area (TPSA) is 90.3 Å². The first-order valence-electron chi connectivity index (χ1n) is 11.3. The molecule has 1 fully saturated rings. The number of phenolic OH excluding ortho intramolecular Hbond substituents is 1. The van der Waals surface area contributed by atoms with Gasteiger partial charge in [0.2, 0.25) is 0 Å². The Bertz CT molecular complexity index is 1010. The highest BCUT2D eigenvalue weighted by Gasteiger charge is 2.45. The summed E-state index contributed by atoms with van der Waals surface area (Å²) in [6.45, 7) is 10.5. The number of carbonyl (C=O) groups excluding carboxylic acids is 2. The van der Waals surface area contributed by atoms with Gasteiger partial charge >= 0.3 is 0 Å². The van der Waals surface area contributed by atoms with Gasteiger partial charge in [-0.05, 0) is 68.9 Å². The van der Waals surface area contributed by atoms with Crippen LogP contribution in [-0.4, -0.2) is 64.0 Å². The summed E-state index contributed by atoms with van der Waals surface area (Å²) in [7, 11) is 0. The van der Waals surface area contributed by atoms with Crippen molar-refractivity contribution in [3.8, 4) is 11.5 Å². The summed E-state index contributed by atoms with van der Waals surface area (Å²) in [5.74, 6) is -0.849. The second-order valence-electron chi connectivity index (χ2n) is 8.30. The fraction of sp³-hybridized carbons (Fsp3) is 0.385. The van der Waals surface area contributed by atoms with Crippen molar-refractivity contribution in [2.45, 2.75) is 39.8 Å². The first-order valence-corrected chi connectivity index (χ1v) is 11.3. The lowest BCUT2D eigenvalue weighted by molar-refractivity contribution is -0.140. The van der Waals surface area contributed by atoms with E-state index in [1.807, 2.05) is 27.7 Å². The molecule has 2 N–H and O–H groups in total. The van der Waals surface area contributed by atoms with Crippen LogP contribution >= 0.6 is 0 Å². The lowest BCUT2D eigenvalue weighted by Crippen LogP contribution is -2.38. The van der Waals surface area contributed by atoms with Gasteiger partial charge in [-0.2, -0.15) is 0 Å². The predicted octanol–water partition coefficient (Wildman–Crippen LogP) is 3.94. The Morgan fingerprint density at radius 3 is 2.18 bits per heavy atom. The number of aliphatic hydroxyl groups excluding tert-OH is 1. The van der Waals surface area contributed by atoms with Crippen LogP contribution in [0.2, 0.25) is 0 Å². The number of phenols is 1. The molecule has 0 aromatic heterocycles. The number of benzene rings is 2. The van der Waals surface area contributed by atoms with Gasteiger partial charge in [0.15, 0.2) is 0 Å². The number of Topliss-reactive ketones (excluding diaryl/α,β-unsaturated/α-hetero) is 1. The fourth-order valence-corrected chi connectivity index (χ4v) is 4.02. The number of ketones is 1. The number of ether oxygens (including phenoxy) is 1. The maximum atomic E-state index is 13.1. The van der Waals surface area contributed by atoms with Crippen LogP contribution in [0.25, 0.3) is 5.76 Å². The maximum Gasteiger partial charge on any atom is 0.295 e. The molecule has 0 radical (unpaired) electrons. The third-order valence-corrected chi connectivity index (χ3v) is 5.80. The average Bonchev–Trinajstić information content (AvgIpc) is 3.05. The van der Waals surface area contributed by atoms with E-state index in [-0.39, 0.29) is 23.2 Å². The molecular formula is C26H32N2O5. The molecule has 3 rings (SSSR count). The van der Waals surface area contributed by atoms with Crippen molar-refractivity contribution >= 4 is 17.4 Å². The molecule has 7 heteroatoms. The van der Waals surface area contributed by atoms with E-state index in [1.54, 1.807) is 36.4 Å². The molecule has 0 unspecified atom stereocenters. The van der Waals surface area contributed by atoms with Gasteiger partial charge in [0.05, 0.1) is 17.7 Å². The molecular weight excluding hydrogens is 420 g/mol. The molecule has 176 valence electrons. The molecule has 1 amide bonds. The molecule has 2 aromatic rings. The second kappa shape index (κ2) is 10.5. The Labute approximate surface area is 194 Å². The van der Waals surface area contributed by atoms with Gasteiger partial charge in [-0.3, -0.25) is 9.59 Å². The van der Waals surface area contributed by atoms with Crippen molar-refractivity contribution in [3.05, 3.63) is 65.2 Å². The molecule has 1 aliphatic heterocycles. The molecule has 1 aliphatic rings. The van der Waals surface area contributed by atoms with E-state index in [2.05, 4.69) is 4.90 Å². The summed E-state index contributed by atoms with van der Waals surface area (Å²) >= 11 is 0. The van der Waals surface area contributed by atoms with E-state index >= 15 is 0 Å². The van der Waals surface area contributed by atoms with Crippen LogP contribution in [0.1, 0.15) is 44.9 Å². The van der Waals surface area contributed by atoms with E-state index in [1.165, 1.54) is 17.0 Å². The highest BCUT2D eigenvalue weighted by molar-refractivity contribution is 6.46. The summed E-state index contributed by atoms with van der Waals surface area (Å²) in [4.78, 5) is 29.8. The highest BCUT2D eigenvalue weighted by atomic mass is 16.5. The molecule has 1 saturated heterocycles. The fourth-order valence-electron chi connectivity index (χ4n) is 4.02. The van der Waals surface area contributed by atoms with Crippen molar-refractivity contribution in [2.75, 3.05) is 26.2 Å². The molecule has 0 saturated carbocycles. The zero-order valence-corrected chi connectivity index (χ0v) is 19.6. The van der Waals surface area contributed by atoms with Crippen LogP contribution in [-0.2, 0) is 9.59 Å². The van der Waals surface area contributed by atoms with E-state index in [0.29, 0.717) is 30.0 Å². The van der Waals surface area contributed by atoms with E-state index in [0.717, 1.165) is 13.1 Å². The van der Waals surface area contributed by atoms with E-state index in [9.17, 15) is 19.8 Å². The summed E-state index contributed by atoms with van der Waals surface area (Å²) in [6.07, 6.45) is 0.00933. The first-order chi connectivity index (χ1) is 15.8. The number of carbonyl (C=O) groups is 2. The number of rotatable bonds is 9. The second-order valence-corrected chi connectivity index (χ2v) is 8.30. The smallest absolute Gasteiger partial charge is 0.295 e. The van der Waals surface area contributed by atoms with Gasteiger partial charge < -0.3 is 24.7 Å². The molecule has 1 atom stereocenters. The quantitative estimate of drug-likeness (QED) is 0.340. The van der Waals surface area contributed by atoms with Crippen LogP contribution in [0, 0.1) is 0 Å². The summed E-state index contributed by atoms with van der Waals surface area (Å²) in [5, 5.41) is 20.9. The third kappa shape index (κ3) is 5.37. The number of aromatic hydroxyl groups is 1. The van der Waals surface area contributed by atoms with Crippen molar-refractivity contribution in [3.63, 3.8) is 0 Å². The molecule has 1 heterocycles. The van der Waals surface area contributed by atoms with Gasteiger partial charge in [-0.15, -0.1) is 0 Å². The number of aliphatic hydroxyl groups is 1. The van der Waals surface area contributed by atoms with Crippen molar-refractivity contribution in [1.29, 1.82) is 0 Å². The van der Waals surface area contributed by atoms with Crippen molar-refractivity contribution < 1.29 is 24.5 Å². The number of hydrogen-bond acceptors (Lipinski definition) is 6. The van der Waals surface area contributed by atoms with E-state index < -0.39 is 17.7 Å². The van der Waals surface area contributed by atoms with Crippen LogP contribution in [0.4, 0.5) is 0 Å². The Morgan fingerprint density at radius 1 is 1.03 bits per heavy atom. The largest absolute Gasteiger partial charge is 0.508 e. The van der Waals surface area contributed by atoms with Gasteiger partial charge in [0, 0.05) is 18.7 Å². The van der Waals surface area contributed by atoms with Crippen molar-refractivity contribution in [2.24, 2.45) is 0 Å². The van der Waals surface area contributed by atoms with Gasteiger partial charge in [-0.1, -0.05) is 26.0 Å². The van der Waals surface area contributed by atoms with Crippen LogP contribution in [0.5, 0.6) is 11.5 Å². The van der Waals surface area contributed by atoms with Crippen LogP contribution in [0.15, 0.2) is 54.1 Å². The third-order valence-electron chi connectivity index (χ3n) is 5.80. The molecule has 0 spiro atoms. The molecule has 0 bridgehead atoms. The van der Waals surface area contributed by atoms with Gasteiger partial charge in [-0.25, -0.2) is 0 Å². The summed E-state index contributed by atoms with van der Waals surface area (Å²) in [6, 6.07) is 12.4. The molecule has 2 aromatic carbocycles. The van der Waals surface area contributed by atoms with Gasteiger partial charge in [0.25, 0.3) is 11.7 Å². The maximum absolute atomic E-state index is 13.1. The number of likely N-dealkylation sites (tertiary alicyclic amines) is 1. The summed E-state index contributed by atoms with van der Waals surface area (Å²) in [5.41, 5.74) is 1.12. The van der Waals surface area contributed by atoms with Crippen molar-refractivity contribution in [1.82, 2.24) is 9.80 Å². The molecule has 33 heavy (non-hydrogen) atoms. The lowest BCUT2D eigenvalue weighted by Gasteiger charge is -2.28. The van der Waals surface area contributed by atoms with E-state index in [4.69, 9.17) is 4.74 Å². The SMILES string of the molecule is CCN(CC)CCN1C(=O)C(=O)/C(=C(/O)c2ccc(OC(C)C)cc2)[C@@H]1c1ccc(O)cc1. The standard InChI is InChI=1S/C26H32N2O5/c1-5-27(6-2)15-16-28-23(18-7-11-20(29)12-8-18)22(25(31)26(28)32)24(30)19-9-13-21(14-10-19)33-17(3)4/h7-14,17,23,29-30H,5-6,15-16H2,1-4H3/b24-22+/t23-/m0/s1. The number of hydrogen-bond donors (Lipinski definition) is 2.